The molecular formula is C14H23N3O3S. The Bertz CT molecular complexity index is 512. The molecule has 0 aliphatic rings. The van der Waals surface area contributed by atoms with Gasteiger partial charge in [-0.15, -0.1) is 11.3 Å². The van der Waals surface area contributed by atoms with Crippen LogP contribution in [0.3, 0.4) is 0 Å². The Morgan fingerprint density at radius 2 is 2.05 bits per heavy atom. The highest BCUT2D eigenvalue weighted by atomic mass is 32.1. The predicted octanol–water partition coefficient (Wildman–Crippen LogP) is 2.11. The fourth-order valence-electron chi connectivity index (χ4n) is 1.78. The van der Waals surface area contributed by atoms with E-state index in [2.05, 4.69) is 5.32 Å². The van der Waals surface area contributed by atoms with Gasteiger partial charge in [0.15, 0.2) is 5.78 Å². The maximum absolute atomic E-state index is 12.1. The number of rotatable bonds is 9. The van der Waals surface area contributed by atoms with Gasteiger partial charge in [-0.05, 0) is 13.3 Å². The zero-order valence-electron chi connectivity index (χ0n) is 12.7. The van der Waals surface area contributed by atoms with Crippen molar-refractivity contribution in [3.05, 3.63) is 10.4 Å². The van der Waals surface area contributed by atoms with Crippen LogP contribution in [-0.4, -0.2) is 31.4 Å². The highest BCUT2D eigenvalue weighted by Gasteiger charge is 2.25. The lowest BCUT2D eigenvalue weighted by Crippen LogP contribution is -2.16. The van der Waals surface area contributed by atoms with Gasteiger partial charge in [-0.25, -0.2) is 0 Å². The SMILES string of the molecule is CCOCCCNc1sc(C(=O)C(C)C)c(N)c1C(N)=O. The lowest BCUT2D eigenvalue weighted by atomic mass is 10.1. The molecule has 6 nitrogen and oxygen atoms in total. The maximum atomic E-state index is 12.1. The van der Waals surface area contributed by atoms with Gasteiger partial charge in [0.05, 0.1) is 16.1 Å². The summed E-state index contributed by atoms with van der Waals surface area (Å²) < 4.78 is 5.24. The van der Waals surface area contributed by atoms with Crippen molar-refractivity contribution in [1.82, 2.24) is 0 Å². The molecule has 0 fully saturated rings. The summed E-state index contributed by atoms with van der Waals surface area (Å²) >= 11 is 1.19. The van der Waals surface area contributed by atoms with Gasteiger partial charge >= 0.3 is 0 Å². The standard InChI is InChI=1S/C14H23N3O3S/c1-4-20-7-5-6-17-14-9(13(16)19)10(15)12(21-14)11(18)8(2)3/h8,17H,4-7,15H2,1-3H3,(H2,16,19). The molecule has 1 heterocycles. The summed E-state index contributed by atoms with van der Waals surface area (Å²) in [5, 5.41) is 3.67. The molecule has 1 aromatic heterocycles. The highest BCUT2D eigenvalue weighted by molar-refractivity contribution is 7.19. The lowest BCUT2D eigenvalue weighted by Gasteiger charge is -2.05. The van der Waals surface area contributed by atoms with E-state index in [1.807, 2.05) is 6.92 Å². The fraction of sp³-hybridized carbons (Fsp3) is 0.571. The second-order valence-corrected chi connectivity index (χ2v) is 5.93. The molecule has 1 amide bonds. The fourth-order valence-corrected chi connectivity index (χ4v) is 3.02. The van der Waals surface area contributed by atoms with Crippen molar-refractivity contribution in [3.8, 4) is 0 Å². The monoisotopic (exact) mass is 313 g/mol. The molecular weight excluding hydrogens is 290 g/mol. The Kier molecular flexibility index (Phi) is 6.64. The summed E-state index contributed by atoms with van der Waals surface area (Å²) in [6, 6.07) is 0. The number of nitrogen functional groups attached to an aromatic ring is 1. The normalized spacial score (nSPS) is 10.9. The molecule has 1 rings (SSSR count). The molecule has 0 saturated carbocycles. The Balaban J connectivity index is 2.89. The third-order valence-corrected chi connectivity index (χ3v) is 4.07. The first-order valence-electron chi connectivity index (χ1n) is 6.98. The maximum Gasteiger partial charge on any atom is 0.253 e. The number of nitrogens with two attached hydrogens (primary N) is 2. The molecule has 1 aromatic rings. The second-order valence-electron chi connectivity index (χ2n) is 4.91. The number of primary amides is 1. The van der Waals surface area contributed by atoms with E-state index >= 15 is 0 Å². The van der Waals surface area contributed by atoms with Gasteiger partial charge in [0.1, 0.15) is 5.00 Å². The molecule has 0 spiro atoms. The van der Waals surface area contributed by atoms with Crippen molar-refractivity contribution in [2.45, 2.75) is 27.2 Å². The van der Waals surface area contributed by atoms with Crippen molar-refractivity contribution in [2.24, 2.45) is 11.7 Å². The number of thiophene rings is 1. The first-order valence-corrected chi connectivity index (χ1v) is 7.79. The molecule has 0 aliphatic heterocycles. The zero-order chi connectivity index (χ0) is 16.0. The van der Waals surface area contributed by atoms with Crippen LogP contribution in [0.2, 0.25) is 0 Å². The van der Waals surface area contributed by atoms with Crippen LogP contribution in [0.4, 0.5) is 10.7 Å². The lowest BCUT2D eigenvalue weighted by molar-refractivity contribution is 0.0944. The van der Waals surface area contributed by atoms with Gasteiger partial charge in [-0.3, -0.25) is 9.59 Å². The number of amides is 1. The molecule has 118 valence electrons. The van der Waals surface area contributed by atoms with E-state index in [0.29, 0.717) is 29.6 Å². The van der Waals surface area contributed by atoms with Crippen LogP contribution in [0, 0.1) is 5.92 Å². The van der Waals surface area contributed by atoms with Crippen molar-refractivity contribution in [1.29, 1.82) is 0 Å². The van der Waals surface area contributed by atoms with Gasteiger partial charge in [-0.1, -0.05) is 13.8 Å². The molecule has 7 heteroatoms. The number of ketones is 1. The van der Waals surface area contributed by atoms with Crippen LogP contribution in [0.1, 0.15) is 47.2 Å². The average molecular weight is 313 g/mol. The number of carbonyl (C=O) groups excluding carboxylic acids is 2. The quantitative estimate of drug-likeness (QED) is 0.478. The van der Waals surface area contributed by atoms with Gasteiger partial charge in [-0.2, -0.15) is 0 Å². The minimum absolute atomic E-state index is 0.0811. The van der Waals surface area contributed by atoms with Gasteiger partial charge < -0.3 is 21.5 Å². The molecule has 0 saturated heterocycles. The summed E-state index contributed by atoms with van der Waals surface area (Å²) in [6.07, 6.45) is 0.789. The van der Waals surface area contributed by atoms with Gasteiger partial charge in [0, 0.05) is 25.7 Å². The van der Waals surface area contributed by atoms with Crippen LogP contribution in [-0.2, 0) is 4.74 Å². The van der Waals surface area contributed by atoms with Crippen LogP contribution in [0.25, 0.3) is 0 Å². The highest BCUT2D eigenvalue weighted by Crippen LogP contribution is 2.36. The second kappa shape index (κ2) is 7.99. The van der Waals surface area contributed by atoms with Crippen molar-refractivity contribution < 1.29 is 14.3 Å². The number of anilines is 2. The summed E-state index contributed by atoms with van der Waals surface area (Å²) in [5.74, 6) is -0.890. The van der Waals surface area contributed by atoms with Gasteiger partial charge in [0.2, 0.25) is 0 Å². The van der Waals surface area contributed by atoms with Crippen molar-refractivity contribution in [3.63, 3.8) is 0 Å². The summed E-state index contributed by atoms with van der Waals surface area (Å²) in [5.41, 5.74) is 11.7. The van der Waals surface area contributed by atoms with Crippen LogP contribution in [0.15, 0.2) is 0 Å². The Hall–Kier alpha value is -1.60. The summed E-state index contributed by atoms with van der Waals surface area (Å²) in [6.45, 7) is 7.44. The van der Waals surface area contributed by atoms with E-state index in [0.717, 1.165) is 6.42 Å². The number of ether oxygens (including phenoxy) is 1. The average Bonchev–Trinajstić information content (AvgIpc) is 2.74. The molecule has 0 bridgehead atoms. The molecule has 0 aliphatic carbocycles. The molecule has 21 heavy (non-hydrogen) atoms. The van der Waals surface area contributed by atoms with E-state index in [-0.39, 0.29) is 23.0 Å². The number of nitrogens with one attached hydrogen (secondary N) is 1. The van der Waals surface area contributed by atoms with Crippen molar-refractivity contribution in [2.75, 3.05) is 30.8 Å². The minimum Gasteiger partial charge on any atom is -0.397 e. The predicted molar refractivity (Wildman–Crippen MR) is 86.0 cm³/mol. The summed E-state index contributed by atoms with van der Waals surface area (Å²) in [7, 11) is 0. The Morgan fingerprint density at radius 3 is 2.57 bits per heavy atom. The van der Waals surface area contributed by atoms with Crippen molar-refractivity contribution >= 4 is 33.7 Å². The third kappa shape index (κ3) is 4.44. The van der Waals surface area contributed by atoms with Crippen LogP contribution in [0.5, 0.6) is 0 Å². The number of hydrogen-bond donors (Lipinski definition) is 3. The Labute approximate surface area is 128 Å². The molecule has 0 unspecified atom stereocenters. The zero-order valence-corrected chi connectivity index (χ0v) is 13.5. The topological polar surface area (TPSA) is 107 Å². The number of Topliss-reactive ketones (excluding diaryl/α,β-unsaturated/α-hetero) is 1. The van der Waals surface area contributed by atoms with Crippen LogP contribution >= 0.6 is 11.3 Å². The first-order chi connectivity index (χ1) is 9.90. The summed E-state index contributed by atoms with van der Waals surface area (Å²) in [4.78, 5) is 24.1. The number of carbonyl (C=O) groups is 2. The van der Waals surface area contributed by atoms with E-state index in [9.17, 15) is 9.59 Å². The van der Waals surface area contributed by atoms with E-state index in [4.69, 9.17) is 16.2 Å². The Morgan fingerprint density at radius 1 is 1.38 bits per heavy atom. The molecule has 0 aromatic carbocycles. The van der Waals surface area contributed by atoms with E-state index in [1.54, 1.807) is 13.8 Å². The minimum atomic E-state index is -0.626. The third-order valence-electron chi connectivity index (χ3n) is 2.89. The largest absolute Gasteiger partial charge is 0.397 e. The van der Waals surface area contributed by atoms with E-state index in [1.165, 1.54) is 11.3 Å². The van der Waals surface area contributed by atoms with E-state index < -0.39 is 5.91 Å². The molecule has 0 atom stereocenters. The number of hydrogen-bond acceptors (Lipinski definition) is 6. The van der Waals surface area contributed by atoms with Crippen LogP contribution < -0.4 is 16.8 Å². The molecule has 5 N–H and O–H groups in total. The first kappa shape index (κ1) is 17.5. The molecule has 0 radical (unpaired) electrons. The van der Waals surface area contributed by atoms with Gasteiger partial charge in [0.25, 0.3) is 5.91 Å². The smallest absolute Gasteiger partial charge is 0.253 e.